The first kappa shape index (κ1) is 13.8. The van der Waals surface area contributed by atoms with Gasteiger partial charge in [0.1, 0.15) is 11.4 Å². The van der Waals surface area contributed by atoms with Crippen LogP contribution in [0.4, 0.5) is 9.18 Å². The van der Waals surface area contributed by atoms with Crippen LogP contribution in [0.2, 0.25) is 0 Å². The van der Waals surface area contributed by atoms with Crippen molar-refractivity contribution in [2.45, 2.75) is 19.0 Å². The van der Waals surface area contributed by atoms with Crippen molar-refractivity contribution < 1.29 is 14.0 Å². The van der Waals surface area contributed by atoms with Crippen LogP contribution in [-0.2, 0) is 16.9 Å². The van der Waals surface area contributed by atoms with Gasteiger partial charge in [-0.05, 0) is 24.4 Å². The van der Waals surface area contributed by atoms with E-state index in [1.165, 1.54) is 30.4 Å². The van der Waals surface area contributed by atoms with E-state index in [-0.39, 0.29) is 12.1 Å². The molecule has 1 fully saturated rings. The number of amides is 3. The molecular weight excluding hydrogens is 291 g/mol. The molecule has 3 rings (SSSR count). The van der Waals surface area contributed by atoms with Gasteiger partial charge in [0, 0.05) is 10.4 Å². The Morgan fingerprint density at radius 1 is 1.24 bits per heavy atom. The molecule has 1 aromatic carbocycles. The maximum atomic E-state index is 14.0. The Kier molecular flexibility index (Phi) is 3.25. The number of imide groups is 1. The monoisotopic (exact) mass is 304 g/mol. The first-order valence-electron chi connectivity index (χ1n) is 6.44. The average Bonchev–Trinajstić information content (AvgIpc) is 3.03. The van der Waals surface area contributed by atoms with E-state index >= 15 is 0 Å². The van der Waals surface area contributed by atoms with E-state index in [1.807, 2.05) is 17.5 Å². The predicted molar refractivity (Wildman–Crippen MR) is 77.2 cm³/mol. The number of hydrogen-bond acceptors (Lipinski definition) is 3. The molecule has 1 N–H and O–H groups in total. The van der Waals surface area contributed by atoms with Crippen LogP contribution < -0.4 is 5.32 Å². The molecule has 1 saturated heterocycles. The first-order valence-corrected chi connectivity index (χ1v) is 7.32. The highest BCUT2D eigenvalue weighted by Gasteiger charge is 2.50. The zero-order valence-electron chi connectivity index (χ0n) is 11.3. The number of nitrogens with one attached hydrogen (secondary N) is 1. The molecule has 2 heterocycles. The number of urea groups is 1. The van der Waals surface area contributed by atoms with Crippen LogP contribution in [0, 0.1) is 5.82 Å². The summed E-state index contributed by atoms with van der Waals surface area (Å²) in [4.78, 5) is 26.7. The number of hydrogen-bond donors (Lipinski definition) is 1. The van der Waals surface area contributed by atoms with Gasteiger partial charge in [0.05, 0.1) is 6.54 Å². The van der Waals surface area contributed by atoms with Gasteiger partial charge in [-0.15, -0.1) is 11.3 Å². The van der Waals surface area contributed by atoms with Crippen LogP contribution in [0.15, 0.2) is 41.8 Å². The lowest BCUT2D eigenvalue weighted by Crippen LogP contribution is -2.41. The molecule has 0 aliphatic carbocycles. The smallest absolute Gasteiger partial charge is 0.319 e. The number of rotatable bonds is 3. The summed E-state index contributed by atoms with van der Waals surface area (Å²) in [6, 6.07) is 9.19. The van der Waals surface area contributed by atoms with Gasteiger partial charge in [-0.2, -0.15) is 0 Å². The summed E-state index contributed by atoms with van der Waals surface area (Å²) in [5.41, 5.74) is -1.18. The Bertz CT molecular complexity index is 701. The maximum Gasteiger partial charge on any atom is 0.325 e. The Morgan fingerprint density at radius 2 is 2.00 bits per heavy atom. The number of halogens is 1. The highest BCUT2D eigenvalue weighted by atomic mass is 32.1. The number of carbonyl (C=O) groups excluding carboxylic acids is 2. The molecule has 21 heavy (non-hydrogen) atoms. The number of benzene rings is 1. The minimum absolute atomic E-state index is 0.178. The molecule has 1 atom stereocenters. The summed E-state index contributed by atoms with van der Waals surface area (Å²) in [5, 5.41) is 4.48. The Morgan fingerprint density at radius 3 is 2.67 bits per heavy atom. The lowest BCUT2D eigenvalue weighted by atomic mass is 9.91. The van der Waals surface area contributed by atoms with Gasteiger partial charge >= 0.3 is 6.03 Å². The zero-order valence-corrected chi connectivity index (χ0v) is 12.1. The molecule has 0 unspecified atom stereocenters. The molecular formula is C15H13FN2O2S. The summed E-state index contributed by atoms with van der Waals surface area (Å²) in [6.45, 7) is 1.73. The molecule has 0 saturated carbocycles. The maximum absolute atomic E-state index is 14.0. The molecule has 1 aromatic heterocycles. The normalized spacial score (nSPS) is 21.7. The molecule has 1 aliphatic heterocycles. The van der Waals surface area contributed by atoms with E-state index in [4.69, 9.17) is 0 Å². The second-order valence-electron chi connectivity index (χ2n) is 5.01. The minimum atomic E-state index is -1.36. The molecule has 6 heteroatoms. The summed E-state index contributed by atoms with van der Waals surface area (Å²) in [6.07, 6.45) is 0. The van der Waals surface area contributed by atoms with Crippen molar-refractivity contribution in [3.05, 3.63) is 58.0 Å². The van der Waals surface area contributed by atoms with Gasteiger partial charge < -0.3 is 5.32 Å². The van der Waals surface area contributed by atoms with Crippen molar-refractivity contribution in [1.82, 2.24) is 10.2 Å². The van der Waals surface area contributed by atoms with Gasteiger partial charge in [-0.1, -0.05) is 24.3 Å². The second kappa shape index (κ2) is 4.96. The van der Waals surface area contributed by atoms with Crippen LogP contribution in [0.3, 0.4) is 0 Å². The van der Waals surface area contributed by atoms with Crippen LogP contribution in [0.25, 0.3) is 0 Å². The van der Waals surface area contributed by atoms with Gasteiger partial charge in [0.15, 0.2) is 0 Å². The van der Waals surface area contributed by atoms with Crippen molar-refractivity contribution in [3.63, 3.8) is 0 Å². The summed E-state index contributed by atoms with van der Waals surface area (Å²) in [7, 11) is 0. The van der Waals surface area contributed by atoms with Crippen LogP contribution in [0.5, 0.6) is 0 Å². The molecule has 3 amide bonds. The Hall–Kier alpha value is -2.21. The second-order valence-corrected chi connectivity index (χ2v) is 6.04. The zero-order chi connectivity index (χ0) is 15.0. The van der Waals surface area contributed by atoms with E-state index in [1.54, 1.807) is 12.1 Å². The van der Waals surface area contributed by atoms with Crippen LogP contribution >= 0.6 is 11.3 Å². The predicted octanol–water partition coefficient (Wildman–Crippen LogP) is 2.85. The van der Waals surface area contributed by atoms with Crippen molar-refractivity contribution in [1.29, 1.82) is 0 Å². The average molecular weight is 304 g/mol. The van der Waals surface area contributed by atoms with Crippen molar-refractivity contribution >= 4 is 23.3 Å². The highest BCUT2D eigenvalue weighted by molar-refractivity contribution is 7.09. The third-order valence-electron chi connectivity index (χ3n) is 3.58. The fourth-order valence-electron chi connectivity index (χ4n) is 2.45. The molecule has 0 radical (unpaired) electrons. The van der Waals surface area contributed by atoms with Crippen LogP contribution in [0.1, 0.15) is 17.4 Å². The SMILES string of the molecule is C[C@@]1(c2ccccc2F)NC(=O)N(Cc2cccs2)C1=O. The largest absolute Gasteiger partial charge is 0.325 e. The topological polar surface area (TPSA) is 49.4 Å². The first-order chi connectivity index (χ1) is 10.0. The number of thiophene rings is 1. The van der Waals surface area contributed by atoms with Gasteiger partial charge in [0.25, 0.3) is 5.91 Å². The third-order valence-corrected chi connectivity index (χ3v) is 4.44. The molecule has 2 aromatic rings. The van der Waals surface area contributed by atoms with Gasteiger partial charge in [-0.3, -0.25) is 9.69 Å². The standard InChI is InChI=1S/C15H13FN2O2S/c1-15(11-6-2-3-7-12(11)16)13(19)18(14(20)17-15)9-10-5-4-8-21-10/h2-8H,9H2,1H3,(H,17,20)/t15-/m0/s1. The van der Waals surface area contributed by atoms with E-state index in [0.29, 0.717) is 0 Å². The quantitative estimate of drug-likeness (QED) is 0.887. The van der Waals surface area contributed by atoms with Crippen molar-refractivity contribution in [2.24, 2.45) is 0 Å². The summed E-state index contributed by atoms with van der Waals surface area (Å²) < 4.78 is 14.0. The fourth-order valence-corrected chi connectivity index (χ4v) is 3.14. The summed E-state index contributed by atoms with van der Waals surface area (Å²) in [5.74, 6) is -0.947. The van der Waals surface area contributed by atoms with Crippen molar-refractivity contribution in [3.8, 4) is 0 Å². The Labute approximate surface area is 125 Å². The van der Waals surface area contributed by atoms with E-state index < -0.39 is 23.3 Å². The molecule has 4 nitrogen and oxygen atoms in total. The third kappa shape index (κ3) is 2.21. The van der Waals surface area contributed by atoms with Gasteiger partial charge in [-0.25, -0.2) is 9.18 Å². The highest BCUT2D eigenvalue weighted by Crippen LogP contribution is 2.31. The lowest BCUT2D eigenvalue weighted by Gasteiger charge is -2.22. The molecule has 0 spiro atoms. The Balaban J connectivity index is 1.94. The van der Waals surface area contributed by atoms with Crippen molar-refractivity contribution in [2.75, 3.05) is 0 Å². The molecule has 108 valence electrons. The fraction of sp³-hybridized carbons (Fsp3) is 0.200. The number of carbonyl (C=O) groups is 2. The van der Waals surface area contributed by atoms with E-state index in [0.717, 1.165) is 9.78 Å². The molecule has 0 bridgehead atoms. The van der Waals surface area contributed by atoms with Gasteiger partial charge in [0.2, 0.25) is 0 Å². The van der Waals surface area contributed by atoms with E-state index in [9.17, 15) is 14.0 Å². The lowest BCUT2D eigenvalue weighted by molar-refractivity contribution is -0.131. The number of nitrogens with zero attached hydrogens (tertiary/aromatic N) is 1. The van der Waals surface area contributed by atoms with E-state index in [2.05, 4.69) is 5.32 Å². The molecule has 1 aliphatic rings. The van der Waals surface area contributed by atoms with Crippen LogP contribution in [-0.4, -0.2) is 16.8 Å². The minimum Gasteiger partial charge on any atom is -0.319 e. The summed E-state index contributed by atoms with van der Waals surface area (Å²) >= 11 is 1.46.